The molecule has 0 saturated heterocycles. The number of hydrogen-bond acceptors (Lipinski definition) is 6. The van der Waals surface area contributed by atoms with E-state index in [1.54, 1.807) is 18.4 Å². The minimum absolute atomic E-state index is 0.00799. The zero-order valence-electron chi connectivity index (χ0n) is 10.1. The van der Waals surface area contributed by atoms with Crippen LogP contribution in [0.1, 0.15) is 5.56 Å². The topological polar surface area (TPSA) is 98.3 Å². The highest BCUT2D eigenvalue weighted by atomic mass is 16.5. The molecule has 0 radical (unpaired) electrons. The molecular weight excluding hydrogens is 246 g/mol. The largest absolute Gasteiger partial charge is 0.507 e. The summed E-state index contributed by atoms with van der Waals surface area (Å²) in [6, 6.07) is 6.51. The SMILES string of the molecule is Cc1ccoc1-c1noc(-c2ccc(N)cc2O)n1. The van der Waals surface area contributed by atoms with E-state index in [1.165, 1.54) is 6.07 Å². The predicted octanol–water partition coefficient (Wildman–Crippen LogP) is 2.59. The first-order valence-corrected chi connectivity index (χ1v) is 5.62. The average molecular weight is 257 g/mol. The van der Waals surface area contributed by atoms with E-state index in [4.69, 9.17) is 14.7 Å². The van der Waals surface area contributed by atoms with Crippen LogP contribution >= 0.6 is 0 Å². The van der Waals surface area contributed by atoms with E-state index < -0.39 is 0 Å². The van der Waals surface area contributed by atoms with Crippen LogP contribution in [-0.2, 0) is 0 Å². The normalized spacial score (nSPS) is 10.8. The maximum atomic E-state index is 9.81. The van der Waals surface area contributed by atoms with Gasteiger partial charge in [-0.25, -0.2) is 0 Å². The van der Waals surface area contributed by atoms with Crippen LogP contribution in [0.15, 0.2) is 39.5 Å². The van der Waals surface area contributed by atoms with Gasteiger partial charge in [-0.3, -0.25) is 0 Å². The van der Waals surface area contributed by atoms with E-state index >= 15 is 0 Å². The number of anilines is 1. The van der Waals surface area contributed by atoms with Crippen molar-refractivity contribution in [2.75, 3.05) is 5.73 Å². The van der Waals surface area contributed by atoms with Crippen molar-refractivity contribution >= 4 is 5.69 Å². The Morgan fingerprint density at radius 3 is 2.79 bits per heavy atom. The Morgan fingerprint density at radius 1 is 1.26 bits per heavy atom. The molecule has 19 heavy (non-hydrogen) atoms. The summed E-state index contributed by atoms with van der Waals surface area (Å²) in [5.41, 5.74) is 7.37. The number of rotatable bonds is 2. The molecule has 0 aliphatic rings. The van der Waals surface area contributed by atoms with Gasteiger partial charge in [0.15, 0.2) is 5.76 Å². The second-order valence-electron chi connectivity index (χ2n) is 4.13. The summed E-state index contributed by atoms with van der Waals surface area (Å²) in [6.07, 6.45) is 1.56. The molecular formula is C13H11N3O3. The van der Waals surface area contributed by atoms with Crippen molar-refractivity contribution < 1.29 is 14.0 Å². The number of phenols is 1. The third-order valence-corrected chi connectivity index (χ3v) is 2.74. The summed E-state index contributed by atoms with van der Waals surface area (Å²) >= 11 is 0. The molecule has 3 N–H and O–H groups in total. The first kappa shape index (κ1) is 11.3. The minimum atomic E-state index is -0.00799. The maximum absolute atomic E-state index is 9.81. The maximum Gasteiger partial charge on any atom is 0.262 e. The summed E-state index contributed by atoms with van der Waals surface area (Å²) in [5, 5.41) is 13.6. The molecule has 96 valence electrons. The van der Waals surface area contributed by atoms with Crippen molar-refractivity contribution in [1.29, 1.82) is 0 Å². The molecule has 0 unspecified atom stereocenters. The van der Waals surface area contributed by atoms with Gasteiger partial charge < -0.3 is 19.8 Å². The second-order valence-corrected chi connectivity index (χ2v) is 4.13. The molecule has 0 spiro atoms. The number of nitrogens with two attached hydrogens (primary N) is 1. The van der Waals surface area contributed by atoms with Crippen LogP contribution in [0.25, 0.3) is 23.0 Å². The van der Waals surface area contributed by atoms with Gasteiger partial charge in [0, 0.05) is 11.8 Å². The number of aromatic nitrogens is 2. The van der Waals surface area contributed by atoms with Crippen LogP contribution in [0, 0.1) is 6.92 Å². The third-order valence-electron chi connectivity index (χ3n) is 2.74. The molecule has 6 heteroatoms. The third kappa shape index (κ3) is 1.93. The van der Waals surface area contributed by atoms with Crippen molar-refractivity contribution in [3.8, 4) is 28.8 Å². The molecule has 0 amide bonds. The van der Waals surface area contributed by atoms with Gasteiger partial charge in [0.25, 0.3) is 5.89 Å². The molecule has 2 aromatic heterocycles. The number of phenolic OH excluding ortho intramolecular Hbond substituents is 1. The summed E-state index contributed by atoms with van der Waals surface area (Å²) in [5.74, 6) is 1.09. The zero-order chi connectivity index (χ0) is 13.4. The highest BCUT2D eigenvalue weighted by Gasteiger charge is 2.17. The van der Waals surface area contributed by atoms with E-state index in [2.05, 4.69) is 10.1 Å². The lowest BCUT2D eigenvalue weighted by molar-refractivity contribution is 0.423. The summed E-state index contributed by atoms with van der Waals surface area (Å²) < 4.78 is 10.4. The van der Waals surface area contributed by atoms with Gasteiger partial charge in [0.1, 0.15) is 5.75 Å². The standard InChI is InChI=1S/C13H11N3O3/c1-7-4-5-18-11(7)12-15-13(19-16-12)9-3-2-8(14)6-10(9)17/h2-6,17H,14H2,1H3. The number of benzene rings is 1. The quantitative estimate of drug-likeness (QED) is 0.684. The van der Waals surface area contributed by atoms with Crippen LogP contribution in [0.4, 0.5) is 5.69 Å². The van der Waals surface area contributed by atoms with Crippen LogP contribution < -0.4 is 5.73 Å². The molecule has 6 nitrogen and oxygen atoms in total. The van der Waals surface area contributed by atoms with Crippen LogP contribution in [-0.4, -0.2) is 15.2 Å². The number of furan rings is 1. The molecule has 2 heterocycles. The Kier molecular flexibility index (Phi) is 2.49. The number of aromatic hydroxyl groups is 1. The number of hydrogen-bond donors (Lipinski definition) is 2. The van der Waals surface area contributed by atoms with Crippen molar-refractivity contribution in [3.05, 3.63) is 36.1 Å². The Morgan fingerprint density at radius 2 is 2.11 bits per heavy atom. The molecule has 0 fully saturated rings. The average Bonchev–Trinajstić information content (AvgIpc) is 2.97. The van der Waals surface area contributed by atoms with E-state index in [9.17, 15) is 5.11 Å². The zero-order valence-corrected chi connectivity index (χ0v) is 10.1. The monoisotopic (exact) mass is 257 g/mol. The molecule has 0 atom stereocenters. The van der Waals surface area contributed by atoms with Gasteiger partial charge >= 0.3 is 0 Å². The number of nitrogens with zero attached hydrogens (tertiary/aromatic N) is 2. The van der Waals surface area contributed by atoms with Crippen LogP contribution in [0.2, 0.25) is 0 Å². The van der Waals surface area contributed by atoms with E-state index in [-0.39, 0.29) is 11.6 Å². The molecule has 1 aromatic carbocycles. The Hall–Kier alpha value is -2.76. The van der Waals surface area contributed by atoms with Crippen molar-refractivity contribution in [2.45, 2.75) is 6.92 Å². The van der Waals surface area contributed by atoms with Crippen LogP contribution in [0.3, 0.4) is 0 Å². The smallest absolute Gasteiger partial charge is 0.262 e. The van der Waals surface area contributed by atoms with Gasteiger partial charge in [-0.05, 0) is 30.7 Å². The predicted molar refractivity (Wildman–Crippen MR) is 68.3 cm³/mol. The molecule has 0 saturated carbocycles. The fourth-order valence-corrected chi connectivity index (χ4v) is 1.76. The second kappa shape index (κ2) is 4.16. The molecule has 0 aliphatic carbocycles. The Balaban J connectivity index is 2.04. The van der Waals surface area contributed by atoms with E-state index in [0.29, 0.717) is 22.8 Å². The van der Waals surface area contributed by atoms with Gasteiger partial charge in [0.05, 0.1) is 11.8 Å². The summed E-state index contributed by atoms with van der Waals surface area (Å²) in [6.45, 7) is 1.88. The van der Waals surface area contributed by atoms with Crippen molar-refractivity contribution in [2.24, 2.45) is 0 Å². The van der Waals surface area contributed by atoms with E-state index in [0.717, 1.165) is 5.56 Å². The number of nitrogen functional groups attached to an aromatic ring is 1. The highest BCUT2D eigenvalue weighted by molar-refractivity contribution is 5.67. The lowest BCUT2D eigenvalue weighted by Gasteiger charge is -1.99. The Labute approximate surface area is 108 Å². The molecule has 0 aliphatic heterocycles. The van der Waals surface area contributed by atoms with Gasteiger partial charge in [-0.2, -0.15) is 4.98 Å². The Bertz CT molecular complexity index is 730. The van der Waals surface area contributed by atoms with Crippen molar-refractivity contribution in [1.82, 2.24) is 10.1 Å². The van der Waals surface area contributed by atoms with Crippen LogP contribution in [0.5, 0.6) is 5.75 Å². The molecule has 0 bridgehead atoms. The first-order chi connectivity index (χ1) is 9.15. The van der Waals surface area contributed by atoms with Gasteiger partial charge in [-0.15, -0.1) is 0 Å². The highest BCUT2D eigenvalue weighted by Crippen LogP contribution is 2.31. The first-order valence-electron chi connectivity index (χ1n) is 5.62. The summed E-state index contributed by atoms with van der Waals surface area (Å²) in [7, 11) is 0. The van der Waals surface area contributed by atoms with Gasteiger partial charge in [-0.1, -0.05) is 5.16 Å². The van der Waals surface area contributed by atoms with E-state index in [1.807, 2.05) is 13.0 Å². The molecule has 3 rings (SSSR count). The molecule has 3 aromatic rings. The lowest BCUT2D eigenvalue weighted by atomic mass is 10.2. The van der Waals surface area contributed by atoms with Gasteiger partial charge in [0.2, 0.25) is 5.82 Å². The van der Waals surface area contributed by atoms with Crippen molar-refractivity contribution in [3.63, 3.8) is 0 Å². The fraction of sp³-hybridized carbons (Fsp3) is 0.0769. The minimum Gasteiger partial charge on any atom is -0.507 e. The summed E-state index contributed by atoms with van der Waals surface area (Å²) in [4.78, 5) is 4.20. The fourth-order valence-electron chi connectivity index (χ4n) is 1.76. The number of aryl methyl sites for hydroxylation is 1. The lowest BCUT2D eigenvalue weighted by Crippen LogP contribution is -1.86.